The summed E-state index contributed by atoms with van der Waals surface area (Å²) in [5, 5.41) is 0. The van der Waals surface area contributed by atoms with Crippen molar-refractivity contribution in [3.05, 3.63) is 36.4 Å². The van der Waals surface area contributed by atoms with E-state index in [0.29, 0.717) is 12.5 Å². The number of carbonyl (C=O) groups excluding carboxylic acids is 1. The Labute approximate surface area is 124 Å². The maximum atomic E-state index is 12.4. The third-order valence-corrected chi connectivity index (χ3v) is 4.05. The normalized spacial score (nSPS) is 19.0. The second-order valence-corrected chi connectivity index (χ2v) is 5.77. The second kappa shape index (κ2) is 5.71. The molecule has 0 radical (unpaired) electrons. The van der Waals surface area contributed by atoms with E-state index in [1.807, 2.05) is 35.8 Å². The minimum Gasteiger partial charge on any atom is -0.340 e. The van der Waals surface area contributed by atoms with Crippen LogP contribution in [-0.2, 0) is 18.4 Å². The zero-order valence-corrected chi connectivity index (χ0v) is 12.6. The van der Waals surface area contributed by atoms with Crippen LogP contribution in [0.3, 0.4) is 0 Å². The predicted octanol–water partition coefficient (Wildman–Crippen LogP) is 1.33. The lowest BCUT2D eigenvalue weighted by Crippen LogP contribution is -2.41. The van der Waals surface area contributed by atoms with Crippen LogP contribution in [-0.4, -0.2) is 43.0 Å². The topological polar surface area (TPSA) is 56.0 Å². The van der Waals surface area contributed by atoms with Crippen LogP contribution in [0.25, 0.3) is 0 Å². The van der Waals surface area contributed by atoms with Crippen LogP contribution < -0.4 is 0 Å². The van der Waals surface area contributed by atoms with Gasteiger partial charge in [-0.05, 0) is 19.8 Å². The standard InChI is InChI=1S/C15H21N5O/c1-12-8-18(2)15(17-12)13-4-3-6-20(9-13)14(21)10-19-7-5-16-11-19/h5,7-8,11,13H,3-4,6,9-10H2,1-2H3/t13-/m0/s1. The predicted molar refractivity (Wildman–Crippen MR) is 78.7 cm³/mol. The van der Waals surface area contributed by atoms with Crippen molar-refractivity contribution in [3.8, 4) is 0 Å². The van der Waals surface area contributed by atoms with Gasteiger partial charge < -0.3 is 14.0 Å². The van der Waals surface area contributed by atoms with Gasteiger partial charge >= 0.3 is 0 Å². The molecule has 0 spiro atoms. The number of aromatic nitrogens is 4. The Hall–Kier alpha value is -2.11. The van der Waals surface area contributed by atoms with Gasteiger partial charge in [0.15, 0.2) is 0 Å². The maximum Gasteiger partial charge on any atom is 0.242 e. The summed E-state index contributed by atoms with van der Waals surface area (Å²) in [6, 6.07) is 0. The number of aryl methyl sites for hydroxylation is 2. The first-order valence-corrected chi connectivity index (χ1v) is 7.37. The summed E-state index contributed by atoms with van der Waals surface area (Å²) in [6.45, 7) is 3.98. The molecule has 6 heteroatoms. The van der Waals surface area contributed by atoms with Crippen molar-refractivity contribution in [2.75, 3.05) is 13.1 Å². The highest BCUT2D eigenvalue weighted by atomic mass is 16.2. The summed E-state index contributed by atoms with van der Waals surface area (Å²) < 4.78 is 3.90. The fourth-order valence-corrected chi connectivity index (χ4v) is 3.06. The maximum absolute atomic E-state index is 12.4. The Balaban J connectivity index is 1.68. The molecule has 0 bridgehead atoms. The van der Waals surface area contributed by atoms with E-state index < -0.39 is 0 Å². The SMILES string of the molecule is Cc1cn(C)c([C@H]2CCCN(C(=O)Cn3ccnc3)C2)n1. The number of hydrogen-bond acceptors (Lipinski definition) is 3. The number of rotatable bonds is 3. The highest BCUT2D eigenvalue weighted by molar-refractivity contribution is 5.76. The molecule has 1 aliphatic rings. The van der Waals surface area contributed by atoms with Crippen molar-refractivity contribution in [3.63, 3.8) is 0 Å². The lowest BCUT2D eigenvalue weighted by atomic mass is 9.97. The number of nitrogens with zero attached hydrogens (tertiary/aromatic N) is 5. The number of carbonyl (C=O) groups is 1. The number of likely N-dealkylation sites (tertiary alicyclic amines) is 1. The summed E-state index contributed by atoms with van der Waals surface area (Å²) in [6.07, 6.45) is 9.37. The van der Waals surface area contributed by atoms with Gasteiger partial charge in [-0.3, -0.25) is 4.79 Å². The van der Waals surface area contributed by atoms with Gasteiger partial charge in [-0.15, -0.1) is 0 Å². The molecule has 0 aliphatic carbocycles. The van der Waals surface area contributed by atoms with Gasteiger partial charge in [0, 0.05) is 44.6 Å². The largest absolute Gasteiger partial charge is 0.340 e. The molecule has 3 heterocycles. The van der Waals surface area contributed by atoms with Crippen molar-refractivity contribution >= 4 is 5.91 Å². The van der Waals surface area contributed by atoms with Gasteiger partial charge in [0.05, 0.1) is 12.0 Å². The van der Waals surface area contributed by atoms with Crippen LogP contribution in [0.2, 0.25) is 0 Å². The monoisotopic (exact) mass is 287 g/mol. The van der Waals surface area contributed by atoms with E-state index in [1.54, 1.807) is 12.5 Å². The fraction of sp³-hybridized carbons (Fsp3) is 0.533. The molecule has 1 amide bonds. The molecule has 1 atom stereocenters. The van der Waals surface area contributed by atoms with E-state index >= 15 is 0 Å². The molecule has 6 nitrogen and oxygen atoms in total. The Morgan fingerprint density at radius 2 is 2.33 bits per heavy atom. The van der Waals surface area contributed by atoms with Crippen molar-refractivity contribution < 1.29 is 4.79 Å². The average Bonchev–Trinajstić information content (AvgIpc) is 3.08. The van der Waals surface area contributed by atoms with Crippen LogP contribution in [0, 0.1) is 6.92 Å². The Morgan fingerprint density at radius 3 is 3.00 bits per heavy atom. The molecular weight excluding hydrogens is 266 g/mol. The van der Waals surface area contributed by atoms with Gasteiger partial charge in [-0.25, -0.2) is 9.97 Å². The van der Waals surface area contributed by atoms with E-state index in [4.69, 9.17) is 0 Å². The van der Waals surface area contributed by atoms with Crippen molar-refractivity contribution in [1.82, 2.24) is 24.0 Å². The Kier molecular flexibility index (Phi) is 3.77. The van der Waals surface area contributed by atoms with Crippen LogP contribution in [0.1, 0.15) is 30.3 Å². The van der Waals surface area contributed by atoms with Crippen molar-refractivity contribution in [2.24, 2.45) is 7.05 Å². The molecule has 0 aromatic carbocycles. The van der Waals surface area contributed by atoms with E-state index in [2.05, 4.69) is 14.5 Å². The van der Waals surface area contributed by atoms with Crippen LogP contribution in [0.15, 0.2) is 24.9 Å². The lowest BCUT2D eigenvalue weighted by molar-refractivity contribution is -0.133. The van der Waals surface area contributed by atoms with Crippen molar-refractivity contribution in [1.29, 1.82) is 0 Å². The van der Waals surface area contributed by atoms with Gasteiger partial charge in [-0.2, -0.15) is 0 Å². The first kappa shape index (κ1) is 13.9. The molecular formula is C15H21N5O. The molecule has 1 aliphatic heterocycles. The second-order valence-electron chi connectivity index (χ2n) is 5.77. The zero-order chi connectivity index (χ0) is 14.8. The van der Waals surface area contributed by atoms with Crippen LogP contribution in [0.5, 0.6) is 0 Å². The molecule has 0 unspecified atom stereocenters. The molecule has 1 saturated heterocycles. The third kappa shape index (κ3) is 2.99. The minimum absolute atomic E-state index is 0.156. The average molecular weight is 287 g/mol. The van der Waals surface area contributed by atoms with E-state index in [9.17, 15) is 4.79 Å². The molecule has 21 heavy (non-hydrogen) atoms. The molecule has 0 N–H and O–H groups in total. The van der Waals surface area contributed by atoms with Gasteiger partial charge in [0.1, 0.15) is 12.4 Å². The molecule has 1 fully saturated rings. The first-order valence-electron chi connectivity index (χ1n) is 7.37. The summed E-state index contributed by atoms with van der Waals surface area (Å²) in [5.74, 6) is 1.58. The highest BCUT2D eigenvalue weighted by Crippen LogP contribution is 2.26. The Morgan fingerprint density at radius 1 is 1.48 bits per heavy atom. The molecule has 3 rings (SSSR count). The molecule has 2 aromatic heterocycles. The summed E-state index contributed by atoms with van der Waals surface area (Å²) >= 11 is 0. The molecule has 112 valence electrons. The van der Waals surface area contributed by atoms with Gasteiger partial charge in [0.2, 0.25) is 5.91 Å². The highest BCUT2D eigenvalue weighted by Gasteiger charge is 2.27. The van der Waals surface area contributed by atoms with Gasteiger partial charge in [0.25, 0.3) is 0 Å². The summed E-state index contributed by atoms with van der Waals surface area (Å²) in [4.78, 5) is 22.9. The number of imidazole rings is 2. The molecule has 2 aromatic rings. The number of hydrogen-bond donors (Lipinski definition) is 0. The molecule has 0 saturated carbocycles. The third-order valence-electron chi connectivity index (χ3n) is 4.05. The quantitative estimate of drug-likeness (QED) is 0.856. The van der Waals surface area contributed by atoms with Crippen LogP contribution >= 0.6 is 0 Å². The lowest BCUT2D eigenvalue weighted by Gasteiger charge is -2.32. The summed E-state index contributed by atoms with van der Waals surface area (Å²) in [5.41, 5.74) is 1.04. The van der Waals surface area contributed by atoms with E-state index in [1.165, 1.54) is 0 Å². The summed E-state index contributed by atoms with van der Waals surface area (Å²) in [7, 11) is 2.03. The smallest absolute Gasteiger partial charge is 0.242 e. The first-order chi connectivity index (χ1) is 10.1. The van der Waals surface area contributed by atoms with Crippen molar-refractivity contribution in [2.45, 2.75) is 32.2 Å². The van der Waals surface area contributed by atoms with Crippen LogP contribution in [0.4, 0.5) is 0 Å². The fourth-order valence-electron chi connectivity index (χ4n) is 3.06. The number of amides is 1. The van der Waals surface area contributed by atoms with Gasteiger partial charge in [-0.1, -0.05) is 0 Å². The minimum atomic E-state index is 0.156. The zero-order valence-electron chi connectivity index (χ0n) is 12.6. The van der Waals surface area contributed by atoms with E-state index in [0.717, 1.165) is 37.4 Å². The number of piperidine rings is 1. The Bertz CT molecular complexity index is 616. The van der Waals surface area contributed by atoms with E-state index in [-0.39, 0.29) is 5.91 Å².